The molecule has 2 aromatic heterocycles. The van der Waals surface area contributed by atoms with Crippen LogP contribution in [0.4, 0.5) is 0 Å². The molecule has 3 rings (SSSR count). The zero-order valence-corrected chi connectivity index (χ0v) is 17.4. The third-order valence-corrected chi connectivity index (χ3v) is 5.12. The van der Waals surface area contributed by atoms with Crippen LogP contribution < -0.4 is 10.9 Å². The molecule has 0 radical (unpaired) electrons. The van der Waals surface area contributed by atoms with Crippen LogP contribution >= 0.6 is 11.8 Å². The number of hydrogen-bond donors (Lipinski definition) is 2. The summed E-state index contributed by atoms with van der Waals surface area (Å²) in [5.74, 6) is 0.198. The molecule has 2 amide bonds. The number of nitrogens with zero attached hydrogens (tertiary/aromatic N) is 5. The van der Waals surface area contributed by atoms with Gasteiger partial charge in [0.25, 0.3) is 5.91 Å². The SMILES string of the molecule is Cc1cc(C)n(CC(=O)NNC(=O)CSc2nnc(C)n2Cc2ccccc2)n1. The van der Waals surface area contributed by atoms with Crippen LogP contribution in [-0.4, -0.2) is 42.1 Å². The van der Waals surface area contributed by atoms with Crippen molar-refractivity contribution < 1.29 is 9.59 Å². The second kappa shape index (κ2) is 9.37. The van der Waals surface area contributed by atoms with Crippen molar-refractivity contribution in [2.75, 3.05) is 5.75 Å². The first-order valence-electron chi connectivity index (χ1n) is 9.07. The molecule has 0 saturated heterocycles. The van der Waals surface area contributed by atoms with Crippen LogP contribution in [0.15, 0.2) is 41.6 Å². The number of aryl methyl sites for hydroxylation is 3. The van der Waals surface area contributed by atoms with E-state index in [1.807, 2.05) is 61.7 Å². The summed E-state index contributed by atoms with van der Waals surface area (Å²) < 4.78 is 3.54. The standard InChI is InChI=1S/C19H23N7O2S/c1-13-9-14(2)26(24-13)11-17(27)21-22-18(28)12-29-19-23-20-15(3)25(19)10-16-7-5-4-6-8-16/h4-9H,10-12H2,1-3H3,(H,21,27)(H,22,28). The van der Waals surface area contributed by atoms with Crippen LogP contribution in [-0.2, 0) is 22.7 Å². The molecule has 152 valence electrons. The van der Waals surface area contributed by atoms with Gasteiger partial charge in [0.2, 0.25) is 5.91 Å². The van der Waals surface area contributed by atoms with E-state index in [4.69, 9.17) is 0 Å². The average Bonchev–Trinajstić information content (AvgIpc) is 3.20. The lowest BCUT2D eigenvalue weighted by molar-refractivity contribution is -0.128. The first-order valence-corrected chi connectivity index (χ1v) is 10.1. The highest BCUT2D eigenvalue weighted by Gasteiger charge is 2.13. The Bertz CT molecular complexity index is 997. The molecule has 3 aromatic rings. The molecule has 9 nitrogen and oxygen atoms in total. The number of amides is 2. The maximum Gasteiger partial charge on any atom is 0.260 e. The van der Waals surface area contributed by atoms with E-state index in [0.717, 1.165) is 22.8 Å². The first kappa shape index (κ1) is 20.6. The van der Waals surface area contributed by atoms with Gasteiger partial charge in [-0.3, -0.25) is 25.1 Å². The fourth-order valence-electron chi connectivity index (χ4n) is 2.73. The smallest absolute Gasteiger partial charge is 0.260 e. The normalized spacial score (nSPS) is 10.7. The van der Waals surface area contributed by atoms with E-state index >= 15 is 0 Å². The van der Waals surface area contributed by atoms with E-state index in [1.54, 1.807) is 4.68 Å². The Kier molecular flexibility index (Phi) is 6.65. The van der Waals surface area contributed by atoms with Crippen molar-refractivity contribution in [1.82, 2.24) is 35.4 Å². The Morgan fingerprint density at radius 1 is 1.03 bits per heavy atom. The minimum absolute atomic E-state index is 0.0394. The van der Waals surface area contributed by atoms with Crippen molar-refractivity contribution in [2.24, 2.45) is 0 Å². The summed E-state index contributed by atoms with van der Waals surface area (Å²) >= 11 is 1.27. The summed E-state index contributed by atoms with van der Waals surface area (Å²) in [6, 6.07) is 11.9. The largest absolute Gasteiger partial charge is 0.302 e. The van der Waals surface area contributed by atoms with Gasteiger partial charge in [-0.05, 0) is 32.4 Å². The van der Waals surface area contributed by atoms with Gasteiger partial charge in [0.1, 0.15) is 12.4 Å². The lowest BCUT2D eigenvalue weighted by atomic mass is 10.2. The number of carbonyl (C=O) groups excluding carboxylic acids is 2. The molecule has 1 aromatic carbocycles. The van der Waals surface area contributed by atoms with Crippen LogP contribution in [0.2, 0.25) is 0 Å². The highest BCUT2D eigenvalue weighted by Crippen LogP contribution is 2.18. The van der Waals surface area contributed by atoms with E-state index in [0.29, 0.717) is 11.7 Å². The van der Waals surface area contributed by atoms with Crippen molar-refractivity contribution in [3.8, 4) is 0 Å². The molecular weight excluding hydrogens is 390 g/mol. The molecular formula is C19H23N7O2S. The minimum Gasteiger partial charge on any atom is -0.302 e. The maximum absolute atomic E-state index is 12.1. The van der Waals surface area contributed by atoms with Crippen LogP contribution in [0.3, 0.4) is 0 Å². The molecule has 2 N–H and O–H groups in total. The molecule has 2 heterocycles. The second-order valence-electron chi connectivity index (χ2n) is 6.57. The van der Waals surface area contributed by atoms with Gasteiger partial charge in [-0.1, -0.05) is 42.1 Å². The van der Waals surface area contributed by atoms with Crippen molar-refractivity contribution >= 4 is 23.6 Å². The predicted octanol–water partition coefficient (Wildman–Crippen LogP) is 1.39. The zero-order chi connectivity index (χ0) is 20.8. The van der Waals surface area contributed by atoms with Gasteiger partial charge in [-0.25, -0.2) is 0 Å². The van der Waals surface area contributed by atoms with Crippen LogP contribution in [0.1, 0.15) is 22.8 Å². The highest BCUT2D eigenvalue weighted by atomic mass is 32.2. The van der Waals surface area contributed by atoms with Gasteiger partial charge in [-0.2, -0.15) is 5.10 Å². The van der Waals surface area contributed by atoms with Crippen molar-refractivity contribution in [2.45, 2.75) is 39.0 Å². The Labute approximate surface area is 172 Å². The third kappa shape index (κ3) is 5.67. The number of thioether (sulfide) groups is 1. The molecule has 29 heavy (non-hydrogen) atoms. The predicted molar refractivity (Wildman–Crippen MR) is 109 cm³/mol. The molecule has 0 aliphatic heterocycles. The number of hydrogen-bond acceptors (Lipinski definition) is 6. The van der Waals surface area contributed by atoms with Crippen LogP contribution in [0.5, 0.6) is 0 Å². The molecule has 10 heteroatoms. The van der Waals surface area contributed by atoms with Gasteiger partial charge in [0.05, 0.1) is 18.0 Å². The van der Waals surface area contributed by atoms with E-state index in [-0.39, 0.29) is 24.1 Å². The van der Waals surface area contributed by atoms with E-state index < -0.39 is 0 Å². The van der Waals surface area contributed by atoms with Crippen LogP contribution in [0.25, 0.3) is 0 Å². The zero-order valence-electron chi connectivity index (χ0n) is 16.5. The molecule has 0 spiro atoms. The average molecular weight is 414 g/mol. The molecule has 0 atom stereocenters. The molecule has 0 unspecified atom stereocenters. The minimum atomic E-state index is -0.349. The summed E-state index contributed by atoms with van der Waals surface area (Å²) in [5, 5.41) is 13.1. The van der Waals surface area contributed by atoms with Gasteiger partial charge in [0.15, 0.2) is 5.16 Å². The van der Waals surface area contributed by atoms with Gasteiger partial charge >= 0.3 is 0 Å². The number of nitrogens with one attached hydrogen (secondary N) is 2. The second-order valence-corrected chi connectivity index (χ2v) is 7.51. The molecule has 0 bridgehead atoms. The number of rotatable bonds is 7. The summed E-state index contributed by atoms with van der Waals surface area (Å²) in [4.78, 5) is 24.1. The molecule has 0 fully saturated rings. The number of hydrazine groups is 1. The third-order valence-electron chi connectivity index (χ3n) is 4.16. The fraction of sp³-hybridized carbons (Fsp3) is 0.316. The first-order chi connectivity index (χ1) is 13.9. The van der Waals surface area contributed by atoms with Crippen molar-refractivity contribution in [3.05, 3.63) is 59.2 Å². The Balaban J connectivity index is 1.48. The van der Waals surface area contributed by atoms with E-state index in [1.165, 1.54) is 11.8 Å². The fourth-order valence-corrected chi connectivity index (χ4v) is 3.52. The molecule has 0 aliphatic rings. The Morgan fingerprint density at radius 2 is 1.76 bits per heavy atom. The molecule has 0 aliphatic carbocycles. The lowest BCUT2D eigenvalue weighted by Crippen LogP contribution is -2.44. The van der Waals surface area contributed by atoms with E-state index in [2.05, 4.69) is 26.1 Å². The summed E-state index contributed by atoms with van der Waals surface area (Å²) in [6.07, 6.45) is 0. The van der Waals surface area contributed by atoms with Gasteiger partial charge in [0, 0.05) is 5.69 Å². The van der Waals surface area contributed by atoms with Crippen LogP contribution in [0, 0.1) is 20.8 Å². The maximum atomic E-state index is 12.1. The van der Waals surface area contributed by atoms with Gasteiger partial charge in [-0.15, -0.1) is 10.2 Å². The quantitative estimate of drug-likeness (QED) is 0.448. The number of carbonyl (C=O) groups is 2. The number of aromatic nitrogens is 5. The lowest BCUT2D eigenvalue weighted by Gasteiger charge is -2.10. The van der Waals surface area contributed by atoms with Crippen molar-refractivity contribution in [1.29, 1.82) is 0 Å². The van der Waals surface area contributed by atoms with Gasteiger partial charge < -0.3 is 4.57 Å². The van der Waals surface area contributed by atoms with E-state index in [9.17, 15) is 9.59 Å². The highest BCUT2D eigenvalue weighted by molar-refractivity contribution is 7.99. The summed E-state index contributed by atoms with van der Waals surface area (Å²) in [7, 11) is 0. The monoisotopic (exact) mass is 413 g/mol. The topological polar surface area (TPSA) is 107 Å². The Hall–Kier alpha value is -3.14. The summed E-state index contributed by atoms with van der Waals surface area (Å²) in [5.41, 5.74) is 7.67. The Morgan fingerprint density at radius 3 is 2.45 bits per heavy atom. The number of benzene rings is 1. The summed E-state index contributed by atoms with van der Waals surface area (Å²) in [6.45, 7) is 6.27. The molecule has 0 saturated carbocycles. The van der Waals surface area contributed by atoms with Crippen molar-refractivity contribution in [3.63, 3.8) is 0 Å².